The van der Waals surface area contributed by atoms with Gasteiger partial charge in [0.25, 0.3) is 0 Å². The summed E-state index contributed by atoms with van der Waals surface area (Å²) in [6.07, 6.45) is 5.19. The molecule has 49 heavy (non-hydrogen) atoms. The van der Waals surface area contributed by atoms with Crippen LogP contribution < -0.4 is 25.8 Å². The van der Waals surface area contributed by atoms with Crippen LogP contribution >= 0.6 is 11.3 Å². The molecule has 3 aliphatic rings. The summed E-state index contributed by atoms with van der Waals surface area (Å²) in [7, 11) is 1.60. The normalized spacial score (nSPS) is 22.2. The first-order valence-electron chi connectivity index (χ1n) is 17.2. The number of aromatic nitrogens is 2. The van der Waals surface area contributed by atoms with Crippen molar-refractivity contribution in [3.63, 3.8) is 0 Å². The number of pyridine rings is 1. The first kappa shape index (κ1) is 34.7. The van der Waals surface area contributed by atoms with Crippen molar-refractivity contribution in [2.45, 2.75) is 110 Å². The van der Waals surface area contributed by atoms with E-state index >= 15 is 0 Å². The summed E-state index contributed by atoms with van der Waals surface area (Å²) in [5.74, 6) is 0.139. The smallest absolute Gasteiger partial charge is 0.408 e. The SMILES string of the molecule is COc1ccc2c(OC3C[C@@H](C(N)=O)N(C(=O)[C@@H](NC(=O)O[C@H]4CCCC5(CC5)C4)C(C)(C)C)C3)cc(-c3csc(NC(C)C)n3)nc2c1. The maximum atomic E-state index is 14.2. The fourth-order valence-electron chi connectivity index (χ4n) is 7.05. The average molecular weight is 693 g/mol. The number of benzene rings is 1. The van der Waals surface area contributed by atoms with E-state index in [1.165, 1.54) is 35.5 Å². The van der Waals surface area contributed by atoms with E-state index in [0.717, 1.165) is 29.8 Å². The van der Waals surface area contributed by atoms with Crippen LogP contribution in [0.5, 0.6) is 11.5 Å². The van der Waals surface area contributed by atoms with Crippen LogP contribution in [0.25, 0.3) is 22.3 Å². The van der Waals surface area contributed by atoms with E-state index in [0.29, 0.717) is 33.8 Å². The predicted octanol–water partition coefficient (Wildman–Crippen LogP) is 5.88. The molecule has 3 amide bonds. The molecule has 1 aliphatic heterocycles. The highest BCUT2D eigenvalue weighted by Crippen LogP contribution is 2.56. The molecule has 2 saturated carbocycles. The Morgan fingerprint density at radius 1 is 1.08 bits per heavy atom. The van der Waals surface area contributed by atoms with Crippen molar-refractivity contribution in [3.05, 3.63) is 29.6 Å². The van der Waals surface area contributed by atoms with Gasteiger partial charge in [-0.25, -0.2) is 14.8 Å². The van der Waals surface area contributed by atoms with Crippen LogP contribution in [0.4, 0.5) is 9.93 Å². The second-order valence-corrected chi connectivity index (χ2v) is 16.0. The molecule has 1 saturated heterocycles. The molecule has 4 atom stereocenters. The molecule has 264 valence electrons. The molecule has 4 N–H and O–H groups in total. The minimum absolute atomic E-state index is 0.107. The van der Waals surface area contributed by atoms with Crippen LogP contribution in [0.15, 0.2) is 29.6 Å². The van der Waals surface area contributed by atoms with Crippen molar-refractivity contribution in [1.82, 2.24) is 20.2 Å². The average Bonchev–Trinajstić information content (AvgIpc) is 3.40. The number of nitrogens with zero attached hydrogens (tertiary/aromatic N) is 3. The van der Waals surface area contributed by atoms with E-state index in [1.54, 1.807) is 7.11 Å². The lowest BCUT2D eigenvalue weighted by atomic mass is 9.84. The second kappa shape index (κ2) is 13.6. The van der Waals surface area contributed by atoms with Crippen LogP contribution in [0, 0.1) is 10.8 Å². The zero-order valence-corrected chi connectivity index (χ0v) is 30.0. The number of rotatable bonds is 10. The van der Waals surface area contributed by atoms with Gasteiger partial charge in [-0.3, -0.25) is 9.59 Å². The van der Waals surface area contributed by atoms with Crippen molar-refractivity contribution in [2.24, 2.45) is 16.6 Å². The first-order valence-corrected chi connectivity index (χ1v) is 18.1. The van der Waals surface area contributed by atoms with Crippen LogP contribution in [0.2, 0.25) is 0 Å². The summed E-state index contributed by atoms with van der Waals surface area (Å²) < 4.78 is 17.9. The van der Waals surface area contributed by atoms with Crippen LogP contribution in [0.1, 0.15) is 79.6 Å². The minimum atomic E-state index is -0.946. The van der Waals surface area contributed by atoms with Gasteiger partial charge in [0, 0.05) is 35.4 Å². The number of alkyl carbamates (subject to hydrolysis) is 1. The molecule has 0 radical (unpaired) electrons. The molecule has 0 bridgehead atoms. The fraction of sp³-hybridized carbons (Fsp3) is 0.583. The van der Waals surface area contributed by atoms with Crippen LogP contribution in [-0.4, -0.2) is 76.8 Å². The van der Waals surface area contributed by atoms with Gasteiger partial charge in [-0.05, 0) is 75.3 Å². The molecule has 3 aromatic rings. The number of thiazole rings is 1. The fourth-order valence-corrected chi connectivity index (χ4v) is 7.90. The van der Waals surface area contributed by atoms with E-state index in [4.69, 9.17) is 29.9 Å². The summed E-state index contributed by atoms with van der Waals surface area (Å²) in [6, 6.07) is 5.74. The Kier molecular flexibility index (Phi) is 9.67. The number of ether oxygens (including phenoxy) is 3. The maximum Gasteiger partial charge on any atom is 0.408 e. The van der Waals surface area contributed by atoms with Crippen molar-refractivity contribution in [1.29, 1.82) is 0 Å². The third-order valence-electron chi connectivity index (χ3n) is 9.83. The zero-order valence-electron chi connectivity index (χ0n) is 29.2. The Morgan fingerprint density at radius 2 is 1.86 bits per heavy atom. The van der Waals surface area contributed by atoms with Gasteiger partial charge < -0.3 is 35.5 Å². The van der Waals surface area contributed by atoms with Crippen molar-refractivity contribution in [2.75, 3.05) is 19.0 Å². The Bertz CT molecular complexity index is 1720. The highest BCUT2D eigenvalue weighted by molar-refractivity contribution is 7.14. The Morgan fingerprint density at radius 3 is 2.53 bits per heavy atom. The maximum absolute atomic E-state index is 14.2. The lowest BCUT2D eigenvalue weighted by molar-refractivity contribution is -0.141. The van der Waals surface area contributed by atoms with Gasteiger partial charge in [0.1, 0.15) is 41.5 Å². The standard InChI is InChI=1S/C36H48N6O6S/c1-20(2)38-33-40-27(19-49-33)26-16-29(24-10-9-21(46-6)14-25(24)39-26)47-23-15-28(31(37)43)42(18-23)32(44)30(35(3,4)5)41-34(45)48-22-8-7-11-36(17-22)12-13-36/h9-10,14,16,19-20,22-23,28,30H,7-8,11-13,15,17-18H2,1-6H3,(H2,37,43)(H,38,40)(H,41,45)/t22-,23?,28-,30+/m0/s1. The van der Waals surface area contributed by atoms with Crippen molar-refractivity contribution >= 4 is 45.3 Å². The number of hydrogen-bond donors (Lipinski definition) is 3. The Labute approximate surface area is 291 Å². The van der Waals surface area contributed by atoms with Crippen molar-refractivity contribution < 1.29 is 28.6 Å². The number of hydrogen-bond acceptors (Lipinski definition) is 10. The summed E-state index contributed by atoms with van der Waals surface area (Å²) in [5.41, 5.74) is 7.48. The van der Waals surface area contributed by atoms with Gasteiger partial charge >= 0.3 is 6.09 Å². The number of methoxy groups -OCH3 is 1. The Hall–Kier alpha value is -4.13. The number of fused-ring (bicyclic) bond motifs is 1. The largest absolute Gasteiger partial charge is 0.497 e. The lowest BCUT2D eigenvalue weighted by Crippen LogP contribution is -2.57. The molecular weight excluding hydrogens is 644 g/mol. The van der Waals surface area contributed by atoms with E-state index in [9.17, 15) is 14.4 Å². The predicted molar refractivity (Wildman–Crippen MR) is 189 cm³/mol. The topological polar surface area (TPSA) is 158 Å². The summed E-state index contributed by atoms with van der Waals surface area (Å²) in [4.78, 5) is 51.2. The quantitative estimate of drug-likeness (QED) is 0.236. The summed E-state index contributed by atoms with van der Waals surface area (Å²) >= 11 is 1.49. The summed E-state index contributed by atoms with van der Waals surface area (Å²) in [6.45, 7) is 9.83. The van der Waals surface area contributed by atoms with Crippen molar-refractivity contribution in [3.8, 4) is 22.9 Å². The Balaban J connectivity index is 1.22. The second-order valence-electron chi connectivity index (χ2n) is 15.2. The number of amides is 3. The molecule has 2 aliphatic carbocycles. The minimum Gasteiger partial charge on any atom is -0.497 e. The van der Waals surface area contributed by atoms with Gasteiger partial charge in [-0.15, -0.1) is 11.3 Å². The summed E-state index contributed by atoms with van der Waals surface area (Å²) in [5, 5.41) is 9.64. The van der Waals surface area contributed by atoms with E-state index < -0.39 is 41.5 Å². The molecule has 3 fully saturated rings. The number of primary amides is 1. The van der Waals surface area contributed by atoms with Gasteiger partial charge in [0.15, 0.2) is 5.13 Å². The van der Waals surface area contributed by atoms with Crippen LogP contribution in [-0.2, 0) is 14.3 Å². The van der Waals surface area contributed by atoms with Gasteiger partial charge in [0.05, 0.1) is 24.9 Å². The van der Waals surface area contributed by atoms with E-state index in [1.807, 2.05) is 64.3 Å². The van der Waals surface area contributed by atoms with Gasteiger partial charge in [0.2, 0.25) is 11.8 Å². The highest BCUT2D eigenvalue weighted by atomic mass is 32.1. The molecule has 3 heterocycles. The van der Waals surface area contributed by atoms with Gasteiger partial charge in [-0.1, -0.05) is 20.8 Å². The van der Waals surface area contributed by atoms with E-state index in [2.05, 4.69) is 10.6 Å². The molecular formula is C36H48N6O6S. The molecule has 12 nitrogen and oxygen atoms in total. The van der Waals surface area contributed by atoms with E-state index in [-0.39, 0.29) is 25.1 Å². The molecule has 1 unspecified atom stereocenters. The molecule has 1 aromatic carbocycles. The zero-order chi connectivity index (χ0) is 35.1. The monoisotopic (exact) mass is 692 g/mol. The van der Waals surface area contributed by atoms with Crippen LogP contribution in [0.3, 0.4) is 0 Å². The molecule has 6 rings (SSSR count). The third-order valence-corrected chi connectivity index (χ3v) is 10.6. The number of carbonyl (C=O) groups excluding carboxylic acids is 3. The number of likely N-dealkylation sites (tertiary alicyclic amines) is 1. The highest BCUT2D eigenvalue weighted by Gasteiger charge is 2.48. The molecule has 2 aromatic heterocycles. The number of anilines is 1. The molecule has 1 spiro atoms. The number of nitrogens with one attached hydrogen (secondary N) is 2. The third kappa shape index (κ3) is 7.87. The molecule has 13 heteroatoms. The number of nitrogens with two attached hydrogens (primary N) is 1. The lowest BCUT2D eigenvalue weighted by Gasteiger charge is -2.35. The van der Waals surface area contributed by atoms with Gasteiger partial charge in [-0.2, -0.15) is 0 Å². The first-order chi connectivity index (χ1) is 23.2. The number of carbonyl (C=O) groups is 3.